The summed E-state index contributed by atoms with van der Waals surface area (Å²) >= 11 is 0. The maximum atomic E-state index is 12.7. The van der Waals surface area contributed by atoms with Crippen LogP contribution in [0.4, 0.5) is 0 Å². The predicted molar refractivity (Wildman–Crippen MR) is 103 cm³/mol. The van der Waals surface area contributed by atoms with Crippen LogP contribution in [0.25, 0.3) is 10.9 Å². The number of amides is 1. The summed E-state index contributed by atoms with van der Waals surface area (Å²) in [6.45, 7) is 5.85. The van der Waals surface area contributed by atoms with Crippen LogP contribution in [0.5, 0.6) is 0 Å². The second kappa shape index (κ2) is 6.98. The van der Waals surface area contributed by atoms with E-state index < -0.39 is 0 Å². The molecule has 1 aliphatic rings. The van der Waals surface area contributed by atoms with Gasteiger partial charge < -0.3 is 14.5 Å². The standard InChI is InChI=1S/C21H26N4O/c1-15-13-22-16(2)25(15)18-9-11-24(12-10-18)21(26)8-7-17-14-23-20-6-4-3-5-19(17)20/h3-6,13-14,18,23H,7-12H2,1-2H3. The monoisotopic (exact) mass is 350 g/mol. The van der Waals surface area contributed by atoms with Crippen molar-refractivity contribution < 1.29 is 4.79 Å². The first kappa shape index (κ1) is 16.9. The molecular weight excluding hydrogens is 324 g/mol. The fourth-order valence-electron chi connectivity index (χ4n) is 4.23. The van der Waals surface area contributed by atoms with E-state index in [1.54, 1.807) is 0 Å². The number of hydrogen-bond donors (Lipinski definition) is 1. The molecule has 1 aliphatic heterocycles. The Balaban J connectivity index is 1.34. The molecular formula is C21H26N4O. The van der Waals surface area contributed by atoms with E-state index in [0.717, 1.165) is 43.7 Å². The lowest BCUT2D eigenvalue weighted by Gasteiger charge is -2.33. The van der Waals surface area contributed by atoms with Gasteiger partial charge >= 0.3 is 0 Å². The summed E-state index contributed by atoms with van der Waals surface area (Å²) in [6, 6.07) is 8.74. The molecule has 1 amide bonds. The topological polar surface area (TPSA) is 53.9 Å². The number of para-hydroxylation sites is 1. The average molecular weight is 350 g/mol. The first-order valence-electron chi connectivity index (χ1n) is 9.46. The molecule has 0 bridgehead atoms. The Labute approximate surface area is 154 Å². The van der Waals surface area contributed by atoms with Crippen LogP contribution in [0.2, 0.25) is 0 Å². The summed E-state index contributed by atoms with van der Waals surface area (Å²) in [5.74, 6) is 1.35. The number of benzene rings is 1. The summed E-state index contributed by atoms with van der Waals surface area (Å²) in [6.07, 6.45) is 7.37. The molecule has 1 fully saturated rings. The van der Waals surface area contributed by atoms with Crippen molar-refractivity contribution in [1.82, 2.24) is 19.4 Å². The molecule has 1 saturated heterocycles. The van der Waals surface area contributed by atoms with E-state index in [-0.39, 0.29) is 5.91 Å². The number of aryl methyl sites for hydroxylation is 3. The Hall–Kier alpha value is -2.56. The first-order chi connectivity index (χ1) is 12.6. The minimum Gasteiger partial charge on any atom is -0.361 e. The number of carbonyl (C=O) groups is 1. The zero-order valence-electron chi connectivity index (χ0n) is 15.5. The van der Waals surface area contributed by atoms with Crippen LogP contribution in [0.3, 0.4) is 0 Å². The highest BCUT2D eigenvalue weighted by atomic mass is 16.2. The maximum absolute atomic E-state index is 12.7. The van der Waals surface area contributed by atoms with Gasteiger partial charge in [0, 0.05) is 54.5 Å². The molecule has 26 heavy (non-hydrogen) atoms. The van der Waals surface area contributed by atoms with Gasteiger partial charge in [0.15, 0.2) is 0 Å². The van der Waals surface area contributed by atoms with Crippen molar-refractivity contribution in [2.45, 2.75) is 45.6 Å². The van der Waals surface area contributed by atoms with Crippen molar-refractivity contribution in [3.05, 3.63) is 53.7 Å². The molecule has 0 unspecified atom stereocenters. The highest BCUT2D eigenvalue weighted by Crippen LogP contribution is 2.26. The lowest BCUT2D eigenvalue weighted by Crippen LogP contribution is -2.39. The molecule has 5 heteroatoms. The van der Waals surface area contributed by atoms with Crippen LogP contribution in [0.1, 0.15) is 42.4 Å². The highest BCUT2D eigenvalue weighted by Gasteiger charge is 2.25. The molecule has 4 rings (SSSR count). The van der Waals surface area contributed by atoms with Gasteiger partial charge in [0.05, 0.1) is 0 Å². The van der Waals surface area contributed by atoms with Gasteiger partial charge in [-0.25, -0.2) is 4.98 Å². The Morgan fingerprint density at radius 2 is 2.00 bits per heavy atom. The van der Waals surface area contributed by atoms with E-state index in [1.165, 1.54) is 16.6 Å². The Kier molecular flexibility index (Phi) is 4.53. The molecule has 5 nitrogen and oxygen atoms in total. The van der Waals surface area contributed by atoms with E-state index in [2.05, 4.69) is 40.5 Å². The molecule has 3 aromatic rings. The number of imidazole rings is 1. The van der Waals surface area contributed by atoms with Gasteiger partial charge in [-0.15, -0.1) is 0 Å². The average Bonchev–Trinajstić information content (AvgIpc) is 3.23. The number of hydrogen-bond acceptors (Lipinski definition) is 2. The number of nitrogens with zero attached hydrogens (tertiary/aromatic N) is 3. The van der Waals surface area contributed by atoms with E-state index in [9.17, 15) is 4.79 Å². The third kappa shape index (κ3) is 3.14. The zero-order valence-corrected chi connectivity index (χ0v) is 15.5. The van der Waals surface area contributed by atoms with E-state index >= 15 is 0 Å². The van der Waals surface area contributed by atoms with Gasteiger partial charge in [-0.3, -0.25) is 4.79 Å². The molecule has 1 aromatic carbocycles. The van der Waals surface area contributed by atoms with Gasteiger partial charge in [-0.05, 0) is 44.7 Å². The third-order valence-corrected chi connectivity index (χ3v) is 5.63. The van der Waals surface area contributed by atoms with Gasteiger partial charge in [0.2, 0.25) is 5.91 Å². The number of H-pyrrole nitrogens is 1. The molecule has 1 N–H and O–H groups in total. The summed E-state index contributed by atoms with van der Waals surface area (Å²) in [7, 11) is 0. The molecule has 0 saturated carbocycles. The van der Waals surface area contributed by atoms with Crippen LogP contribution in [-0.2, 0) is 11.2 Å². The van der Waals surface area contributed by atoms with Crippen LogP contribution in [-0.4, -0.2) is 38.4 Å². The lowest BCUT2D eigenvalue weighted by molar-refractivity contribution is -0.132. The van der Waals surface area contributed by atoms with Crippen LogP contribution in [0, 0.1) is 13.8 Å². The first-order valence-corrected chi connectivity index (χ1v) is 9.46. The number of aromatic amines is 1. The SMILES string of the molecule is Cc1cnc(C)n1C1CCN(C(=O)CCc2c[nH]c3ccccc23)CC1. The van der Waals surface area contributed by atoms with Gasteiger partial charge in [0.1, 0.15) is 5.82 Å². The number of rotatable bonds is 4. The molecule has 0 atom stereocenters. The minimum atomic E-state index is 0.271. The third-order valence-electron chi connectivity index (χ3n) is 5.63. The number of carbonyl (C=O) groups excluding carboxylic acids is 1. The Bertz CT molecular complexity index is 896. The van der Waals surface area contributed by atoms with E-state index in [4.69, 9.17) is 0 Å². The van der Waals surface area contributed by atoms with E-state index in [0.29, 0.717) is 12.5 Å². The van der Waals surface area contributed by atoms with Crippen LogP contribution in [0.15, 0.2) is 36.7 Å². The number of piperidine rings is 1. The van der Waals surface area contributed by atoms with Crippen molar-refractivity contribution in [3.63, 3.8) is 0 Å². The number of nitrogens with one attached hydrogen (secondary N) is 1. The molecule has 2 aromatic heterocycles. The normalized spacial score (nSPS) is 15.7. The number of aromatic nitrogens is 3. The highest BCUT2D eigenvalue weighted by molar-refractivity contribution is 5.84. The van der Waals surface area contributed by atoms with Crippen molar-refractivity contribution >= 4 is 16.8 Å². The summed E-state index contributed by atoms with van der Waals surface area (Å²) in [5, 5.41) is 1.23. The fraction of sp³-hybridized carbons (Fsp3) is 0.429. The number of fused-ring (bicyclic) bond motifs is 1. The van der Waals surface area contributed by atoms with Crippen molar-refractivity contribution in [2.75, 3.05) is 13.1 Å². The van der Waals surface area contributed by atoms with Crippen LogP contribution >= 0.6 is 0 Å². The fourth-order valence-corrected chi connectivity index (χ4v) is 4.23. The molecule has 0 aliphatic carbocycles. The van der Waals surface area contributed by atoms with Crippen molar-refractivity contribution in [1.29, 1.82) is 0 Å². The van der Waals surface area contributed by atoms with E-state index in [1.807, 2.05) is 29.4 Å². The summed E-state index contributed by atoms with van der Waals surface area (Å²) in [5.41, 5.74) is 3.59. The maximum Gasteiger partial charge on any atom is 0.222 e. The predicted octanol–water partition coefficient (Wildman–Crippen LogP) is 3.78. The molecule has 0 radical (unpaired) electrons. The quantitative estimate of drug-likeness (QED) is 0.778. The minimum absolute atomic E-state index is 0.271. The van der Waals surface area contributed by atoms with Gasteiger partial charge in [-0.2, -0.15) is 0 Å². The second-order valence-electron chi connectivity index (χ2n) is 7.29. The number of likely N-dealkylation sites (tertiary alicyclic amines) is 1. The largest absolute Gasteiger partial charge is 0.361 e. The lowest BCUT2D eigenvalue weighted by atomic mass is 10.0. The second-order valence-corrected chi connectivity index (χ2v) is 7.29. The zero-order chi connectivity index (χ0) is 18.1. The molecule has 136 valence electrons. The van der Waals surface area contributed by atoms with Gasteiger partial charge in [0.25, 0.3) is 0 Å². The summed E-state index contributed by atoms with van der Waals surface area (Å²) < 4.78 is 2.33. The molecule has 3 heterocycles. The molecule has 0 spiro atoms. The van der Waals surface area contributed by atoms with Gasteiger partial charge in [-0.1, -0.05) is 18.2 Å². The van der Waals surface area contributed by atoms with Crippen molar-refractivity contribution in [3.8, 4) is 0 Å². The summed E-state index contributed by atoms with van der Waals surface area (Å²) in [4.78, 5) is 22.4. The van der Waals surface area contributed by atoms with Crippen molar-refractivity contribution in [2.24, 2.45) is 0 Å². The van der Waals surface area contributed by atoms with Crippen LogP contribution < -0.4 is 0 Å². The smallest absolute Gasteiger partial charge is 0.222 e. The Morgan fingerprint density at radius 1 is 1.23 bits per heavy atom. The Morgan fingerprint density at radius 3 is 2.73 bits per heavy atom.